The summed E-state index contributed by atoms with van der Waals surface area (Å²) < 4.78 is 25.7. The molecule has 27 heavy (non-hydrogen) atoms. The second kappa shape index (κ2) is 9.80. The van der Waals surface area contributed by atoms with Crippen LogP contribution in [0, 0.1) is 10.1 Å². The molecule has 12 nitrogen and oxygen atoms in total. The zero-order valence-corrected chi connectivity index (χ0v) is 15.2. The van der Waals surface area contributed by atoms with Gasteiger partial charge in [0.1, 0.15) is 12.7 Å². The van der Waals surface area contributed by atoms with Crippen molar-refractivity contribution in [2.24, 2.45) is 0 Å². The first-order valence-corrected chi connectivity index (χ1v) is 7.93. The lowest BCUT2D eigenvalue weighted by Crippen LogP contribution is -2.63. The van der Waals surface area contributed by atoms with Gasteiger partial charge in [-0.1, -0.05) is 0 Å². The van der Waals surface area contributed by atoms with E-state index in [-0.39, 0.29) is 0 Å². The van der Waals surface area contributed by atoms with Gasteiger partial charge >= 0.3 is 23.9 Å². The van der Waals surface area contributed by atoms with Gasteiger partial charge in [-0.05, 0) is 0 Å². The van der Waals surface area contributed by atoms with Crippen LogP contribution in [0.2, 0.25) is 0 Å². The van der Waals surface area contributed by atoms with Gasteiger partial charge in [-0.25, -0.2) is 0 Å². The Hall–Kier alpha value is -2.76. The van der Waals surface area contributed by atoms with Crippen molar-refractivity contribution in [1.29, 1.82) is 0 Å². The number of nitrogens with zero attached hydrogens (tertiary/aromatic N) is 1. The normalized spacial score (nSPS) is 27.2. The highest BCUT2D eigenvalue weighted by Crippen LogP contribution is 2.29. The van der Waals surface area contributed by atoms with Crippen LogP contribution in [-0.4, -0.2) is 72.5 Å². The fourth-order valence-electron chi connectivity index (χ4n) is 2.61. The van der Waals surface area contributed by atoms with Crippen molar-refractivity contribution < 1.29 is 47.8 Å². The summed E-state index contributed by atoms with van der Waals surface area (Å²) >= 11 is 0. The number of esters is 4. The Balaban J connectivity index is 3.29. The fourth-order valence-corrected chi connectivity index (χ4v) is 2.61. The second-order valence-electron chi connectivity index (χ2n) is 5.75. The van der Waals surface area contributed by atoms with Crippen LogP contribution in [0.5, 0.6) is 0 Å². The van der Waals surface area contributed by atoms with Crippen LogP contribution in [0.3, 0.4) is 0 Å². The molecule has 152 valence electrons. The monoisotopic (exact) mass is 391 g/mol. The summed E-state index contributed by atoms with van der Waals surface area (Å²) in [6.07, 6.45) is -6.64. The summed E-state index contributed by atoms with van der Waals surface area (Å²) in [5.41, 5.74) is 0. The first kappa shape index (κ1) is 22.3. The number of hydrogen-bond donors (Lipinski definition) is 0. The number of ether oxygens (including phenoxy) is 5. The van der Waals surface area contributed by atoms with Gasteiger partial charge in [-0.15, -0.1) is 0 Å². The molecule has 1 saturated heterocycles. The van der Waals surface area contributed by atoms with Crippen molar-refractivity contribution in [1.82, 2.24) is 0 Å². The summed E-state index contributed by atoms with van der Waals surface area (Å²) in [5.74, 6) is -3.06. The SMILES string of the molecule is CC(=O)OC[C@H]1O[C@@H](C[N+](=O)[O-])[C@H](OC(C)=O)[C@@H](OC(C)=O)[C@H]1OC(C)=O. The number of carbonyl (C=O) groups excluding carboxylic acids is 4. The van der Waals surface area contributed by atoms with Crippen LogP contribution in [0.4, 0.5) is 0 Å². The van der Waals surface area contributed by atoms with Crippen molar-refractivity contribution in [3.8, 4) is 0 Å². The largest absolute Gasteiger partial charge is 0.463 e. The molecule has 0 aromatic rings. The van der Waals surface area contributed by atoms with Crippen molar-refractivity contribution >= 4 is 23.9 Å². The fraction of sp³-hybridized carbons (Fsp3) is 0.733. The molecule has 0 saturated carbocycles. The minimum absolute atomic E-state index is 0.425. The molecule has 1 aliphatic heterocycles. The predicted molar refractivity (Wildman–Crippen MR) is 83.8 cm³/mol. The minimum atomic E-state index is -1.41. The third-order valence-corrected chi connectivity index (χ3v) is 3.42. The van der Waals surface area contributed by atoms with Crippen molar-refractivity contribution in [3.05, 3.63) is 10.1 Å². The lowest BCUT2D eigenvalue weighted by atomic mass is 9.94. The molecule has 1 rings (SSSR count). The van der Waals surface area contributed by atoms with Crippen LogP contribution >= 0.6 is 0 Å². The topological polar surface area (TPSA) is 158 Å². The maximum Gasteiger partial charge on any atom is 0.303 e. The molecule has 0 N–H and O–H groups in total. The molecule has 12 heteroatoms. The Bertz CT molecular complexity index is 605. The van der Waals surface area contributed by atoms with E-state index in [9.17, 15) is 29.3 Å². The van der Waals surface area contributed by atoms with Gasteiger partial charge in [0.15, 0.2) is 24.4 Å². The van der Waals surface area contributed by atoms with Crippen LogP contribution < -0.4 is 0 Å². The Morgan fingerprint density at radius 3 is 1.67 bits per heavy atom. The highest BCUT2D eigenvalue weighted by atomic mass is 16.7. The van der Waals surface area contributed by atoms with Gasteiger partial charge < -0.3 is 23.7 Å². The van der Waals surface area contributed by atoms with Crippen molar-refractivity contribution in [3.63, 3.8) is 0 Å². The van der Waals surface area contributed by atoms with E-state index in [1.165, 1.54) is 0 Å². The van der Waals surface area contributed by atoms with Gasteiger partial charge in [0.25, 0.3) is 0 Å². The standard InChI is InChI=1S/C15H21NO11/c1-7(17)23-6-12-14(25-9(3)19)15(26-10(4)20)13(24-8(2)18)11(27-12)5-16(21)22/h11-15H,5-6H2,1-4H3/t11-,12+,13-,14-,15+/m0/s1. The van der Waals surface area contributed by atoms with E-state index in [2.05, 4.69) is 0 Å². The maximum atomic E-state index is 11.5. The highest BCUT2D eigenvalue weighted by molar-refractivity contribution is 5.68. The van der Waals surface area contributed by atoms with Gasteiger partial charge in [0.05, 0.1) is 0 Å². The summed E-state index contributed by atoms with van der Waals surface area (Å²) in [4.78, 5) is 55.8. The number of nitro groups is 1. The molecule has 0 amide bonds. The van der Waals surface area contributed by atoms with Crippen LogP contribution in [0.1, 0.15) is 27.7 Å². The van der Waals surface area contributed by atoms with Gasteiger partial charge in [0, 0.05) is 32.6 Å². The molecule has 0 radical (unpaired) electrons. The molecule has 1 heterocycles. The van der Waals surface area contributed by atoms with Gasteiger partial charge in [-0.2, -0.15) is 0 Å². The molecule has 0 unspecified atom stereocenters. The Labute approximate surface area is 154 Å². The average Bonchev–Trinajstić information content (AvgIpc) is 2.49. The molecule has 0 spiro atoms. The Morgan fingerprint density at radius 1 is 0.815 bits per heavy atom. The van der Waals surface area contributed by atoms with E-state index in [1.807, 2.05) is 0 Å². The van der Waals surface area contributed by atoms with Gasteiger partial charge in [0.2, 0.25) is 6.54 Å². The molecular formula is C15H21NO11. The van der Waals surface area contributed by atoms with E-state index >= 15 is 0 Å². The first-order chi connectivity index (χ1) is 12.5. The molecule has 0 bridgehead atoms. The summed E-state index contributed by atoms with van der Waals surface area (Å²) in [7, 11) is 0. The van der Waals surface area contributed by atoms with E-state index in [0.29, 0.717) is 0 Å². The zero-order valence-electron chi connectivity index (χ0n) is 15.2. The summed E-state index contributed by atoms with van der Waals surface area (Å²) in [6, 6.07) is 0. The second-order valence-corrected chi connectivity index (χ2v) is 5.75. The highest BCUT2D eigenvalue weighted by Gasteiger charge is 2.53. The van der Waals surface area contributed by atoms with Crippen molar-refractivity contribution in [2.45, 2.75) is 58.2 Å². The minimum Gasteiger partial charge on any atom is -0.463 e. The lowest BCUT2D eigenvalue weighted by Gasteiger charge is -2.43. The smallest absolute Gasteiger partial charge is 0.303 e. The lowest BCUT2D eigenvalue weighted by molar-refractivity contribution is -0.498. The number of carbonyl (C=O) groups is 4. The number of rotatable bonds is 7. The van der Waals surface area contributed by atoms with Crippen molar-refractivity contribution in [2.75, 3.05) is 13.2 Å². The van der Waals surface area contributed by atoms with Crippen LogP contribution in [-0.2, 0) is 42.9 Å². The number of hydrogen-bond acceptors (Lipinski definition) is 11. The Kier molecular flexibility index (Phi) is 8.09. The molecule has 5 atom stereocenters. The van der Waals surface area contributed by atoms with E-state index in [4.69, 9.17) is 23.7 Å². The van der Waals surface area contributed by atoms with E-state index < -0.39 is 72.5 Å². The maximum absolute atomic E-state index is 11.5. The quantitative estimate of drug-likeness (QED) is 0.236. The summed E-state index contributed by atoms with van der Waals surface area (Å²) in [5, 5.41) is 11.0. The molecule has 1 fully saturated rings. The zero-order chi connectivity index (χ0) is 20.7. The van der Waals surface area contributed by atoms with E-state index in [0.717, 1.165) is 27.7 Å². The predicted octanol–water partition coefficient (Wildman–Crippen LogP) is -0.611. The van der Waals surface area contributed by atoms with Crippen LogP contribution in [0.25, 0.3) is 0 Å². The molecule has 1 aliphatic rings. The third-order valence-electron chi connectivity index (χ3n) is 3.42. The average molecular weight is 391 g/mol. The van der Waals surface area contributed by atoms with Gasteiger partial charge in [-0.3, -0.25) is 29.3 Å². The Morgan fingerprint density at radius 2 is 1.26 bits per heavy atom. The third kappa shape index (κ3) is 7.17. The first-order valence-electron chi connectivity index (χ1n) is 7.93. The molecule has 0 aromatic heterocycles. The molecule has 0 aliphatic carbocycles. The molecular weight excluding hydrogens is 370 g/mol. The summed E-state index contributed by atoms with van der Waals surface area (Å²) in [6.45, 7) is 3.11. The van der Waals surface area contributed by atoms with E-state index in [1.54, 1.807) is 0 Å². The molecule has 0 aromatic carbocycles. The van der Waals surface area contributed by atoms with Crippen LogP contribution in [0.15, 0.2) is 0 Å².